The van der Waals surface area contributed by atoms with E-state index in [0.717, 1.165) is 12.8 Å². The lowest BCUT2D eigenvalue weighted by molar-refractivity contribution is -0.385. The predicted molar refractivity (Wildman–Crippen MR) is 80.2 cm³/mol. The summed E-state index contributed by atoms with van der Waals surface area (Å²) in [4.78, 5) is 22.0. The van der Waals surface area contributed by atoms with Gasteiger partial charge in [-0.2, -0.15) is 0 Å². The van der Waals surface area contributed by atoms with Crippen LogP contribution in [0.3, 0.4) is 0 Å². The fourth-order valence-electron chi connectivity index (χ4n) is 2.00. The van der Waals surface area contributed by atoms with Crippen LogP contribution in [0.4, 0.5) is 5.69 Å². The second-order valence-corrected chi connectivity index (χ2v) is 5.59. The Hall–Kier alpha value is -1.66. The number of hydrogen-bond acceptors (Lipinski definition) is 4. The van der Waals surface area contributed by atoms with E-state index < -0.39 is 4.92 Å². The number of rotatable bonds is 8. The van der Waals surface area contributed by atoms with Gasteiger partial charge in [0.05, 0.1) is 4.92 Å². The van der Waals surface area contributed by atoms with Crippen LogP contribution < -0.4 is 10.6 Å². The summed E-state index contributed by atoms with van der Waals surface area (Å²) >= 11 is 5.85. The van der Waals surface area contributed by atoms with Crippen LogP contribution in [0.25, 0.3) is 0 Å². The lowest BCUT2D eigenvalue weighted by Gasteiger charge is -2.06. The van der Waals surface area contributed by atoms with Crippen molar-refractivity contribution in [1.82, 2.24) is 10.6 Å². The summed E-state index contributed by atoms with van der Waals surface area (Å²) in [6.07, 6.45) is 3.35. The molecule has 1 aliphatic rings. The molecule has 6 nitrogen and oxygen atoms in total. The summed E-state index contributed by atoms with van der Waals surface area (Å²) in [6, 6.07) is 4.89. The number of hydrogen-bond donors (Lipinski definition) is 2. The topological polar surface area (TPSA) is 84.3 Å². The van der Waals surface area contributed by atoms with Crippen LogP contribution in [-0.2, 0) is 11.3 Å². The zero-order valence-corrected chi connectivity index (χ0v) is 12.4. The average molecular weight is 312 g/mol. The lowest BCUT2D eigenvalue weighted by atomic mass is 10.2. The molecule has 2 rings (SSSR count). The first kappa shape index (κ1) is 15.7. The molecule has 0 aliphatic heterocycles. The highest BCUT2D eigenvalue weighted by molar-refractivity contribution is 6.30. The fraction of sp³-hybridized carbons (Fsp3) is 0.500. The van der Waals surface area contributed by atoms with Gasteiger partial charge in [-0.1, -0.05) is 11.6 Å². The molecule has 1 aromatic rings. The van der Waals surface area contributed by atoms with Gasteiger partial charge < -0.3 is 10.6 Å². The summed E-state index contributed by atoms with van der Waals surface area (Å²) in [5.41, 5.74) is 0.605. The van der Waals surface area contributed by atoms with E-state index in [1.54, 1.807) is 6.07 Å². The Morgan fingerprint density at radius 1 is 1.43 bits per heavy atom. The Balaban J connectivity index is 1.71. The molecule has 21 heavy (non-hydrogen) atoms. The van der Waals surface area contributed by atoms with Gasteiger partial charge in [0, 0.05) is 35.7 Å². The highest BCUT2D eigenvalue weighted by atomic mass is 35.5. The van der Waals surface area contributed by atoms with E-state index >= 15 is 0 Å². The molecule has 1 aromatic carbocycles. The van der Waals surface area contributed by atoms with Crippen molar-refractivity contribution in [2.24, 2.45) is 0 Å². The predicted octanol–water partition coefficient (Wildman–Crippen LogP) is 2.40. The molecule has 1 fully saturated rings. The first-order valence-electron chi connectivity index (χ1n) is 6.99. The number of benzene rings is 1. The molecule has 0 spiro atoms. The highest BCUT2D eigenvalue weighted by Gasteiger charge is 2.22. The molecule has 1 saturated carbocycles. The number of nitrogens with one attached hydrogen (secondary N) is 2. The van der Waals surface area contributed by atoms with Crippen LogP contribution in [0, 0.1) is 10.1 Å². The normalized spacial score (nSPS) is 14.0. The van der Waals surface area contributed by atoms with Gasteiger partial charge in [0.2, 0.25) is 5.91 Å². The van der Waals surface area contributed by atoms with Gasteiger partial charge in [-0.3, -0.25) is 14.9 Å². The highest BCUT2D eigenvalue weighted by Crippen LogP contribution is 2.22. The van der Waals surface area contributed by atoms with Gasteiger partial charge >= 0.3 is 0 Å². The van der Waals surface area contributed by atoms with E-state index in [1.165, 1.54) is 12.1 Å². The molecule has 7 heteroatoms. The first-order chi connectivity index (χ1) is 10.1. The van der Waals surface area contributed by atoms with Crippen molar-refractivity contribution in [1.29, 1.82) is 0 Å². The summed E-state index contributed by atoms with van der Waals surface area (Å²) in [7, 11) is 0. The van der Waals surface area contributed by atoms with Gasteiger partial charge in [0.25, 0.3) is 5.69 Å². The van der Waals surface area contributed by atoms with Crippen LogP contribution in [0.15, 0.2) is 18.2 Å². The molecule has 0 bridgehead atoms. The van der Waals surface area contributed by atoms with Crippen molar-refractivity contribution in [3.05, 3.63) is 38.9 Å². The van der Waals surface area contributed by atoms with E-state index in [1.807, 2.05) is 0 Å². The van der Waals surface area contributed by atoms with Crippen molar-refractivity contribution < 1.29 is 9.72 Å². The molecule has 0 aromatic heterocycles. The molecule has 114 valence electrons. The number of halogens is 1. The number of nitro groups is 1. The smallest absolute Gasteiger partial charge is 0.273 e. The third-order valence-electron chi connectivity index (χ3n) is 3.25. The number of carbonyl (C=O) groups is 1. The van der Waals surface area contributed by atoms with Crippen molar-refractivity contribution in [2.45, 2.75) is 38.3 Å². The Morgan fingerprint density at radius 3 is 2.86 bits per heavy atom. The zero-order chi connectivity index (χ0) is 15.2. The van der Waals surface area contributed by atoms with Crippen LogP contribution in [0.1, 0.15) is 31.2 Å². The van der Waals surface area contributed by atoms with Gasteiger partial charge in [-0.25, -0.2) is 0 Å². The molecule has 0 saturated heterocycles. The van der Waals surface area contributed by atoms with Gasteiger partial charge in [-0.15, -0.1) is 0 Å². The van der Waals surface area contributed by atoms with Crippen molar-refractivity contribution in [3.8, 4) is 0 Å². The van der Waals surface area contributed by atoms with Crippen LogP contribution in [0.5, 0.6) is 0 Å². The largest absolute Gasteiger partial charge is 0.353 e. The number of nitrogens with zero attached hydrogens (tertiary/aromatic N) is 1. The van der Waals surface area contributed by atoms with E-state index in [0.29, 0.717) is 42.6 Å². The summed E-state index contributed by atoms with van der Waals surface area (Å²) < 4.78 is 0. The van der Waals surface area contributed by atoms with Gasteiger partial charge in [-0.05, 0) is 37.9 Å². The molecule has 0 radical (unpaired) electrons. The lowest BCUT2D eigenvalue weighted by Crippen LogP contribution is -2.26. The Labute approximate surface area is 128 Å². The number of carbonyl (C=O) groups excluding carboxylic acids is 1. The quantitative estimate of drug-likeness (QED) is 0.438. The maximum atomic E-state index is 11.5. The summed E-state index contributed by atoms with van der Waals surface area (Å²) in [6.45, 7) is 0.989. The van der Waals surface area contributed by atoms with Gasteiger partial charge in [0.1, 0.15) is 0 Å². The number of amides is 1. The minimum atomic E-state index is -0.420. The Bertz CT molecular complexity index is 532. The van der Waals surface area contributed by atoms with Crippen LogP contribution in [-0.4, -0.2) is 23.4 Å². The van der Waals surface area contributed by atoms with Crippen molar-refractivity contribution in [3.63, 3.8) is 0 Å². The molecule has 0 heterocycles. The molecule has 2 N–H and O–H groups in total. The standard InChI is InChI=1S/C14H18ClN3O3/c15-11-3-6-13(18(20)21)10(8-11)9-16-7-1-2-14(19)17-12-4-5-12/h3,6,8,12,16H,1-2,4-5,7,9H2,(H,17,19). The van der Waals surface area contributed by atoms with Crippen LogP contribution in [0.2, 0.25) is 5.02 Å². The molecular formula is C14H18ClN3O3. The molecular weight excluding hydrogens is 294 g/mol. The molecule has 0 unspecified atom stereocenters. The first-order valence-corrected chi connectivity index (χ1v) is 7.37. The zero-order valence-electron chi connectivity index (χ0n) is 11.6. The van der Waals surface area contributed by atoms with Crippen molar-refractivity contribution in [2.75, 3.05) is 6.54 Å². The SMILES string of the molecule is O=C(CCCNCc1cc(Cl)ccc1[N+](=O)[O-])NC1CC1. The summed E-state index contributed by atoms with van der Waals surface area (Å²) in [5.74, 6) is 0.0769. The second-order valence-electron chi connectivity index (χ2n) is 5.15. The molecule has 1 aliphatic carbocycles. The molecule has 1 amide bonds. The van der Waals surface area contributed by atoms with E-state index in [9.17, 15) is 14.9 Å². The van der Waals surface area contributed by atoms with E-state index in [4.69, 9.17) is 11.6 Å². The maximum Gasteiger partial charge on any atom is 0.273 e. The van der Waals surface area contributed by atoms with Gasteiger partial charge in [0.15, 0.2) is 0 Å². The Morgan fingerprint density at radius 2 is 2.19 bits per heavy atom. The Kier molecular flexibility index (Phi) is 5.52. The maximum absolute atomic E-state index is 11.5. The minimum Gasteiger partial charge on any atom is -0.353 e. The number of nitro benzene ring substituents is 1. The average Bonchev–Trinajstić information content (AvgIpc) is 3.22. The van der Waals surface area contributed by atoms with E-state index in [2.05, 4.69) is 10.6 Å². The monoisotopic (exact) mass is 311 g/mol. The third-order valence-corrected chi connectivity index (χ3v) is 3.49. The van der Waals surface area contributed by atoms with E-state index in [-0.39, 0.29) is 11.6 Å². The second kappa shape index (κ2) is 7.38. The molecule has 0 atom stereocenters. The summed E-state index contributed by atoms with van der Waals surface area (Å²) in [5, 5.41) is 17.4. The fourth-order valence-corrected chi connectivity index (χ4v) is 2.19. The third kappa shape index (κ3) is 5.32. The minimum absolute atomic E-state index is 0.0541. The van der Waals surface area contributed by atoms with Crippen LogP contribution >= 0.6 is 11.6 Å². The van der Waals surface area contributed by atoms with Crippen molar-refractivity contribution >= 4 is 23.2 Å².